The molecule has 2 fully saturated rings. The van der Waals surface area contributed by atoms with Gasteiger partial charge in [-0.2, -0.15) is 0 Å². The second-order valence-electron chi connectivity index (χ2n) is 9.47. The Morgan fingerprint density at radius 1 is 1.06 bits per heavy atom. The first-order chi connectivity index (χ1) is 15.2. The Kier molecular flexibility index (Phi) is 8.14. The molecule has 2 amide bonds. The smallest absolute Gasteiger partial charge is 0.259 e. The number of likely N-dealkylation sites (tertiary alicyclic amines) is 1. The van der Waals surface area contributed by atoms with E-state index in [1.165, 1.54) is 7.05 Å². The van der Waals surface area contributed by atoms with Gasteiger partial charge in [-0.15, -0.1) is 0 Å². The van der Waals surface area contributed by atoms with Crippen LogP contribution in [0.4, 0.5) is 0 Å². The number of aryl methyl sites for hydroxylation is 2. The summed E-state index contributed by atoms with van der Waals surface area (Å²) in [7, 11) is 1.36. The SMILES string of the molecule is Cc1cc(C[C@@H](C)C(=O)N2CCN(C3CCN(CC(=O)N(C)O)CC3)CC2)cc(C)c1O. The Hall–Kier alpha value is -2.16. The molecule has 3 rings (SSSR count). The number of hydroxylamine groups is 2. The van der Waals surface area contributed by atoms with Crippen molar-refractivity contribution in [1.82, 2.24) is 19.8 Å². The number of piperazine rings is 1. The van der Waals surface area contributed by atoms with Crippen LogP contribution in [0.25, 0.3) is 0 Å². The molecule has 2 heterocycles. The molecular weight excluding hydrogens is 408 g/mol. The molecule has 1 aromatic rings. The zero-order valence-corrected chi connectivity index (χ0v) is 19.9. The largest absolute Gasteiger partial charge is 0.507 e. The first-order valence-corrected chi connectivity index (χ1v) is 11.7. The van der Waals surface area contributed by atoms with Crippen molar-refractivity contribution in [3.8, 4) is 5.75 Å². The number of hydrogen-bond donors (Lipinski definition) is 2. The van der Waals surface area contributed by atoms with Gasteiger partial charge in [-0.05, 0) is 49.8 Å². The molecule has 0 spiro atoms. The van der Waals surface area contributed by atoms with Crippen molar-refractivity contribution >= 4 is 11.8 Å². The maximum Gasteiger partial charge on any atom is 0.259 e. The van der Waals surface area contributed by atoms with Crippen LogP contribution in [-0.2, 0) is 16.0 Å². The predicted octanol–water partition coefficient (Wildman–Crippen LogP) is 1.64. The summed E-state index contributed by atoms with van der Waals surface area (Å²) in [6.07, 6.45) is 2.69. The van der Waals surface area contributed by atoms with Crippen LogP contribution in [0.15, 0.2) is 12.1 Å². The molecule has 8 heteroatoms. The van der Waals surface area contributed by atoms with Crippen LogP contribution in [0, 0.1) is 19.8 Å². The van der Waals surface area contributed by atoms with Crippen molar-refractivity contribution < 1.29 is 19.9 Å². The molecule has 1 aromatic carbocycles. The molecule has 0 unspecified atom stereocenters. The Morgan fingerprint density at radius 3 is 2.16 bits per heavy atom. The minimum Gasteiger partial charge on any atom is -0.507 e. The van der Waals surface area contributed by atoms with Gasteiger partial charge in [0.05, 0.1) is 6.54 Å². The average molecular weight is 447 g/mol. The Balaban J connectivity index is 1.44. The first kappa shape index (κ1) is 24.5. The van der Waals surface area contributed by atoms with Crippen molar-refractivity contribution in [2.24, 2.45) is 5.92 Å². The van der Waals surface area contributed by atoms with Gasteiger partial charge in [0, 0.05) is 58.3 Å². The van der Waals surface area contributed by atoms with Gasteiger partial charge in [0.25, 0.3) is 5.91 Å². The summed E-state index contributed by atoms with van der Waals surface area (Å²) in [6, 6.07) is 4.44. The van der Waals surface area contributed by atoms with E-state index >= 15 is 0 Å². The Labute approximate surface area is 191 Å². The fourth-order valence-electron chi connectivity index (χ4n) is 4.96. The van der Waals surface area contributed by atoms with E-state index < -0.39 is 0 Å². The Bertz CT molecular complexity index is 789. The number of carbonyl (C=O) groups excluding carboxylic acids is 2. The fourth-order valence-corrected chi connectivity index (χ4v) is 4.96. The van der Waals surface area contributed by atoms with Gasteiger partial charge in [0.2, 0.25) is 5.91 Å². The second-order valence-corrected chi connectivity index (χ2v) is 9.47. The molecular formula is C24H38N4O4. The summed E-state index contributed by atoms with van der Waals surface area (Å²) in [6.45, 7) is 11.0. The predicted molar refractivity (Wildman–Crippen MR) is 123 cm³/mol. The first-order valence-electron chi connectivity index (χ1n) is 11.7. The number of hydrogen-bond acceptors (Lipinski definition) is 6. The maximum atomic E-state index is 13.0. The monoisotopic (exact) mass is 446 g/mol. The van der Waals surface area contributed by atoms with Crippen LogP contribution >= 0.6 is 0 Å². The van der Waals surface area contributed by atoms with Crippen LogP contribution in [-0.4, -0.2) is 101 Å². The highest BCUT2D eigenvalue weighted by atomic mass is 16.5. The molecule has 0 bridgehead atoms. The van der Waals surface area contributed by atoms with Gasteiger partial charge in [-0.1, -0.05) is 19.1 Å². The number of rotatable bonds is 6. The third-order valence-corrected chi connectivity index (χ3v) is 6.93. The summed E-state index contributed by atoms with van der Waals surface area (Å²) in [5.74, 6) is 0.175. The van der Waals surface area contributed by atoms with E-state index in [-0.39, 0.29) is 24.3 Å². The van der Waals surface area contributed by atoms with Gasteiger partial charge in [-0.3, -0.25) is 24.6 Å². The lowest BCUT2D eigenvalue weighted by atomic mass is 9.96. The Morgan fingerprint density at radius 2 is 1.62 bits per heavy atom. The van der Waals surface area contributed by atoms with Gasteiger partial charge < -0.3 is 10.0 Å². The lowest BCUT2D eigenvalue weighted by Gasteiger charge is -2.43. The fraction of sp³-hybridized carbons (Fsp3) is 0.667. The van der Waals surface area contributed by atoms with E-state index in [1.807, 2.05) is 37.8 Å². The van der Waals surface area contributed by atoms with Gasteiger partial charge in [0.15, 0.2) is 0 Å². The number of benzene rings is 1. The number of piperidine rings is 1. The molecule has 2 aliphatic rings. The molecule has 178 valence electrons. The molecule has 0 aliphatic carbocycles. The van der Waals surface area contributed by atoms with E-state index in [9.17, 15) is 19.9 Å². The third kappa shape index (κ3) is 5.99. The van der Waals surface area contributed by atoms with Crippen molar-refractivity contribution in [3.05, 3.63) is 28.8 Å². The van der Waals surface area contributed by atoms with Crippen LogP contribution in [0.5, 0.6) is 5.75 Å². The number of aromatic hydroxyl groups is 1. The van der Waals surface area contributed by atoms with Crippen LogP contribution in [0.1, 0.15) is 36.5 Å². The lowest BCUT2D eigenvalue weighted by molar-refractivity contribution is -0.160. The lowest BCUT2D eigenvalue weighted by Crippen LogP contribution is -2.55. The highest BCUT2D eigenvalue weighted by Gasteiger charge is 2.30. The number of likely N-dealkylation sites (N-methyl/N-ethyl adjacent to an activating group) is 1. The van der Waals surface area contributed by atoms with E-state index in [2.05, 4.69) is 9.80 Å². The van der Waals surface area contributed by atoms with Crippen molar-refractivity contribution in [1.29, 1.82) is 0 Å². The summed E-state index contributed by atoms with van der Waals surface area (Å²) in [5.41, 5.74) is 2.80. The third-order valence-electron chi connectivity index (χ3n) is 6.93. The number of phenols is 1. The van der Waals surface area contributed by atoms with E-state index in [1.54, 1.807) is 0 Å². The van der Waals surface area contributed by atoms with Gasteiger partial charge in [0.1, 0.15) is 5.75 Å². The summed E-state index contributed by atoms with van der Waals surface area (Å²) in [5, 5.41) is 19.9. The number of amides is 2. The number of phenolic OH excluding ortho intramolecular Hbond substituents is 1. The summed E-state index contributed by atoms with van der Waals surface area (Å²) in [4.78, 5) is 31.3. The quantitative estimate of drug-likeness (QED) is 0.510. The number of carbonyl (C=O) groups is 2. The minimum absolute atomic E-state index is 0.0877. The molecule has 2 N–H and O–H groups in total. The minimum atomic E-state index is -0.276. The molecule has 0 aromatic heterocycles. The molecule has 0 saturated carbocycles. The van der Waals surface area contributed by atoms with Crippen molar-refractivity contribution in [2.75, 3.05) is 52.9 Å². The molecule has 2 aliphatic heterocycles. The van der Waals surface area contributed by atoms with Crippen LogP contribution in [0.3, 0.4) is 0 Å². The molecule has 2 saturated heterocycles. The highest BCUT2D eigenvalue weighted by Crippen LogP contribution is 2.25. The van der Waals surface area contributed by atoms with E-state index in [0.29, 0.717) is 23.3 Å². The maximum absolute atomic E-state index is 13.0. The molecule has 0 radical (unpaired) electrons. The normalized spacial score (nSPS) is 19.7. The van der Waals surface area contributed by atoms with E-state index in [4.69, 9.17) is 0 Å². The topological polar surface area (TPSA) is 87.6 Å². The molecule has 8 nitrogen and oxygen atoms in total. The average Bonchev–Trinajstić information content (AvgIpc) is 2.77. The molecule has 1 atom stereocenters. The van der Waals surface area contributed by atoms with Crippen molar-refractivity contribution in [3.63, 3.8) is 0 Å². The summed E-state index contributed by atoms with van der Waals surface area (Å²) >= 11 is 0. The van der Waals surface area contributed by atoms with Gasteiger partial charge in [-0.25, -0.2) is 5.06 Å². The number of nitrogens with zero attached hydrogens (tertiary/aromatic N) is 4. The van der Waals surface area contributed by atoms with Crippen LogP contribution in [0.2, 0.25) is 0 Å². The molecule has 32 heavy (non-hydrogen) atoms. The van der Waals surface area contributed by atoms with E-state index in [0.717, 1.165) is 68.8 Å². The van der Waals surface area contributed by atoms with Crippen LogP contribution < -0.4 is 0 Å². The zero-order chi connectivity index (χ0) is 23.4. The second kappa shape index (κ2) is 10.6. The zero-order valence-electron chi connectivity index (χ0n) is 19.9. The van der Waals surface area contributed by atoms with Crippen molar-refractivity contribution in [2.45, 2.75) is 46.1 Å². The summed E-state index contributed by atoms with van der Waals surface area (Å²) < 4.78 is 0. The standard InChI is InChI=1S/C24H38N4O4/c1-17-13-20(14-18(2)23(17)30)15-19(3)24(31)28-11-9-27(10-12-28)21-5-7-26(8-6-21)16-22(29)25(4)32/h13-14,19,21,30,32H,5-12,15-16H2,1-4H3/t19-/m1/s1. The highest BCUT2D eigenvalue weighted by molar-refractivity contribution is 5.79. The van der Waals surface area contributed by atoms with Gasteiger partial charge >= 0.3 is 0 Å².